The van der Waals surface area contributed by atoms with Crippen LogP contribution in [0.5, 0.6) is 0 Å². The molecule has 4 unspecified atom stereocenters. The van der Waals surface area contributed by atoms with E-state index >= 15 is 0 Å². The molecule has 5 rings (SSSR count). The summed E-state index contributed by atoms with van der Waals surface area (Å²) in [7, 11) is 0. The molecule has 158 valence electrons. The molecule has 0 spiro atoms. The Balaban J connectivity index is 1.08. The number of hydrogen-bond donors (Lipinski definition) is 4. The van der Waals surface area contributed by atoms with E-state index in [4.69, 9.17) is 9.57 Å². The van der Waals surface area contributed by atoms with Crippen molar-refractivity contribution >= 4 is 5.91 Å². The number of carbonyl (C=O) groups is 1. The lowest BCUT2D eigenvalue weighted by Crippen LogP contribution is -2.60. The van der Waals surface area contributed by atoms with Crippen molar-refractivity contribution in [2.75, 3.05) is 45.9 Å². The highest BCUT2D eigenvalue weighted by atomic mass is 19.1. The van der Waals surface area contributed by atoms with Gasteiger partial charge in [-0.05, 0) is 32.2 Å². The summed E-state index contributed by atoms with van der Waals surface area (Å²) in [5.74, 6) is 0.0973. The van der Waals surface area contributed by atoms with Crippen molar-refractivity contribution in [1.29, 1.82) is 0 Å². The van der Waals surface area contributed by atoms with Crippen molar-refractivity contribution in [3.63, 3.8) is 0 Å². The van der Waals surface area contributed by atoms with Crippen molar-refractivity contribution in [1.82, 2.24) is 31.2 Å². The van der Waals surface area contributed by atoms with Crippen LogP contribution in [0.4, 0.5) is 4.39 Å². The molecule has 0 aromatic carbocycles. The Labute approximate surface area is 164 Å². The zero-order chi connectivity index (χ0) is 19.1. The van der Waals surface area contributed by atoms with Crippen LogP contribution in [0.1, 0.15) is 25.7 Å². The van der Waals surface area contributed by atoms with E-state index in [1.54, 1.807) is 4.90 Å². The smallest absolute Gasteiger partial charge is 0.260 e. The molecule has 1 saturated carbocycles. The third-order valence-corrected chi connectivity index (χ3v) is 6.62. The van der Waals surface area contributed by atoms with Gasteiger partial charge in [-0.2, -0.15) is 5.48 Å². The predicted octanol–water partition coefficient (Wildman–Crippen LogP) is -1.32. The number of piperidine rings is 1. The first-order valence-electron chi connectivity index (χ1n) is 10.6. The van der Waals surface area contributed by atoms with Gasteiger partial charge in [0.1, 0.15) is 12.5 Å². The van der Waals surface area contributed by atoms with E-state index in [0.717, 1.165) is 32.6 Å². The van der Waals surface area contributed by atoms with Gasteiger partial charge in [0.25, 0.3) is 5.91 Å². The molecule has 4 saturated heterocycles. The fourth-order valence-corrected chi connectivity index (χ4v) is 4.53. The van der Waals surface area contributed by atoms with Crippen LogP contribution in [0.2, 0.25) is 0 Å². The number of nitrogens with zero attached hydrogens (tertiary/aromatic N) is 2. The normalized spacial score (nSPS) is 39.0. The maximum atomic E-state index is 14.0. The van der Waals surface area contributed by atoms with E-state index in [-0.39, 0.29) is 18.4 Å². The van der Waals surface area contributed by atoms with Crippen LogP contribution in [0, 0.1) is 5.92 Å². The zero-order valence-corrected chi connectivity index (χ0v) is 16.2. The lowest BCUT2D eigenvalue weighted by Gasteiger charge is -2.39. The Hall–Kier alpha value is -0.880. The third-order valence-electron chi connectivity index (χ3n) is 6.62. The van der Waals surface area contributed by atoms with Crippen molar-refractivity contribution < 1.29 is 18.8 Å². The van der Waals surface area contributed by atoms with E-state index in [9.17, 15) is 9.18 Å². The second-order valence-electron chi connectivity index (χ2n) is 8.71. The highest BCUT2D eigenvalue weighted by Gasteiger charge is 2.53. The van der Waals surface area contributed by atoms with Gasteiger partial charge in [-0.15, -0.1) is 0 Å². The number of nitrogens with one attached hydrogen (secondary N) is 4. The van der Waals surface area contributed by atoms with Gasteiger partial charge < -0.3 is 15.0 Å². The van der Waals surface area contributed by atoms with E-state index in [1.165, 1.54) is 0 Å². The number of ether oxygens (including phenoxy) is 1. The number of carbonyl (C=O) groups excluding carboxylic acids is 1. The van der Waals surface area contributed by atoms with Crippen molar-refractivity contribution in [3.8, 4) is 0 Å². The van der Waals surface area contributed by atoms with Gasteiger partial charge in [0.05, 0.1) is 25.4 Å². The maximum Gasteiger partial charge on any atom is 0.260 e. The van der Waals surface area contributed by atoms with Crippen LogP contribution in [0.15, 0.2) is 0 Å². The molecule has 1 amide bonds. The van der Waals surface area contributed by atoms with Crippen LogP contribution in [-0.2, 0) is 14.4 Å². The number of hydrogen-bond acceptors (Lipinski definition) is 8. The third kappa shape index (κ3) is 3.91. The van der Waals surface area contributed by atoms with Crippen LogP contribution in [-0.4, -0.2) is 92.0 Å². The highest BCUT2D eigenvalue weighted by molar-refractivity contribution is 5.88. The van der Waals surface area contributed by atoms with Gasteiger partial charge in [-0.1, -0.05) is 0 Å². The molecule has 0 radical (unpaired) electrons. The molecular formula is C18H31FN6O3. The van der Waals surface area contributed by atoms with Gasteiger partial charge in [0, 0.05) is 32.1 Å². The minimum absolute atomic E-state index is 0.0331. The number of hydroxylamine groups is 1. The van der Waals surface area contributed by atoms with Crippen LogP contribution in [0.25, 0.3) is 0 Å². The quantitative estimate of drug-likeness (QED) is 0.454. The summed E-state index contributed by atoms with van der Waals surface area (Å²) in [4.78, 5) is 21.9. The van der Waals surface area contributed by atoms with Gasteiger partial charge in [0.2, 0.25) is 0 Å². The maximum absolute atomic E-state index is 14.0. The highest BCUT2D eigenvalue weighted by Crippen LogP contribution is 2.41. The van der Waals surface area contributed by atoms with Crippen molar-refractivity contribution in [3.05, 3.63) is 0 Å². The topological polar surface area (TPSA) is 90.1 Å². The van der Waals surface area contributed by atoms with Crippen molar-refractivity contribution in [2.24, 2.45) is 5.92 Å². The summed E-state index contributed by atoms with van der Waals surface area (Å²) >= 11 is 0. The molecule has 4 aliphatic heterocycles. The Morgan fingerprint density at radius 3 is 2.64 bits per heavy atom. The van der Waals surface area contributed by atoms with Gasteiger partial charge in [-0.25, -0.2) is 4.39 Å². The molecule has 5 fully saturated rings. The van der Waals surface area contributed by atoms with E-state index in [1.807, 2.05) is 0 Å². The second-order valence-corrected chi connectivity index (χ2v) is 8.71. The van der Waals surface area contributed by atoms with Gasteiger partial charge in [0.15, 0.2) is 5.67 Å². The lowest BCUT2D eigenvalue weighted by molar-refractivity contribution is -0.140. The first-order chi connectivity index (χ1) is 13.6. The average molecular weight is 398 g/mol. The molecule has 4 atom stereocenters. The molecule has 0 bridgehead atoms. The van der Waals surface area contributed by atoms with E-state index in [2.05, 4.69) is 26.3 Å². The van der Waals surface area contributed by atoms with Crippen LogP contribution < -0.4 is 21.4 Å². The second kappa shape index (κ2) is 7.75. The van der Waals surface area contributed by atoms with Crippen LogP contribution >= 0.6 is 0 Å². The largest absolute Gasteiger partial charge is 0.378 e. The molecule has 4 heterocycles. The molecule has 4 N–H and O–H groups in total. The van der Waals surface area contributed by atoms with Crippen molar-refractivity contribution in [2.45, 2.75) is 56.1 Å². The number of alkyl halides is 1. The summed E-state index contributed by atoms with van der Waals surface area (Å²) in [6.07, 6.45) is 3.02. The number of amides is 1. The van der Waals surface area contributed by atoms with E-state index < -0.39 is 5.67 Å². The first-order valence-corrected chi connectivity index (χ1v) is 10.6. The Kier molecular flexibility index (Phi) is 5.29. The summed E-state index contributed by atoms with van der Waals surface area (Å²) in [5.41, 5.74) is 1.55. The average Bonchev–Trinajstić information content (AvgIpc) is 3.26. The van der Waals surface area contributed by atoms with Gasteiger partial charge >= 0.3 is 0 Å². The van der Waals surface area contributed by atoms with E-state index in [0.29, 0.717) is 57.1 Å². The zero-order valence-electron chi connectivity index (χ0n) is 16.2. The standard InChI is InChI=1S/C18H31FN6O3/c19-18(2-3-18)16(26)24-5-7-25(8-6-24)17-22-15(28-23-17)12-1-4-20-14(9-12)21-13-10-27-11-13/h12-15,17,20-23H,1-11H2. The Bertz CT molecular complexity index is 582. The summed E-state index contributed by atoms with van der Waals surface area (Å²) < 4.78 is 19.2. The Morgan fingerprint density at radius 2 is 1.96 bits per heavy atom. The molecule has 10 heteroatoms. The fraction of sp³-hybridized carbons (Fsp3) is 0.944. The van der Waals surface area contributed by atoms with Gasteiger partial charge in [-0.3, -0.25) is 25.2 Å². The number of rotatable bonds is 5. The molecular weight excluding hydrogens is 367 g/mol. The number of piperazine rings is 1. The molecule has 0 aromatic rings. The summed E-state index contributed by atoms with van der Waals surface area (Å²) in [6.45, 7) is 5.11. The monoisotopic (exact) mass is 398 g/mol. The SMILES string of the molecule is O=C(N1CCN(C2NOC(C3CCNC(NC4COC4)C3)N2)CC1)C1(F)CC1. The molecule has 1 aliphatic carbocycles. The molecule has 5 aliphatic rings. The molecule has 9 nitrogen and oxygen atoms in total. The molecule has 28 heavy (non-hydrogen) atoms. The minimum atomic E-state index is -1.56. The predicted molar refractivity (Wildman–Crippen MR) is 98.4 cm³/mol. The Morgan fingerprint density at radius 1 is 1.18 bits per heavy atom. The fourth-order valence-electron chi connectivity index (χ4n) is 4.53. The minimum Gasteiger partial charge on any atom is -0.378 e. The molecule has 0 aromatic heterocycles. The van der Waals surface area contributed by atoms with Crippen LogP contribution in [0.3, 0.4) is 0 Å². The first kappa shape index (κ1) is 19.1. The number of halogens is 1. The summed E-state index contributed by atoms with van der Waals surface area (Å²) in [6, 6.07) is 0.456. The lowest BCUT2D eigenvalue weighted by atomic mass is 9.93. The summed E-state index contributed by atoms with van der Waals surface area (Å²) in [5, 5.41) is 10.7.